The highest BCUT2D eigenvalue weighted by Crippen LogP contribution is 2.36. The molecule has 0 aromatic carbocycles. The summed E-state index contributed by atoms with van der Waals surface area (Å²) in [5.41, 5.74) is 0. The number of aliphatic hydroxyl groups excluding tert-OH is 1. The standard InChI is InChI=1S/C17H28N4OS/c1-2-10-19(11-14-6-4-3-5-7-14)13-20-17(23)21(15-8-9-15)16(12-22)18-20/h2,14-15,22H,1,3-13H2. The van der Waals surface area contributed by atoms with E-state index in [9.17, 15) is 5.11 Å². The van der Waals surface area contributed by atoms with Crippen molar-refractivity contribution in [2.75, 3.05) is 13.1 Å². The van der Waals surface area contributed by atoms with Gasteiger partial charge in [-0.2, -0.15) is 5.10 Å². The van der Waals surface area contributed by atoms with Gasteiger partial charge < -0.3 is 5.11 Å². The molecule has 23 heavy (non-hydrogen) atoms. The van der Waals surface area contributed by atoms with E-state index < -0.39 is 0 Å². The molecule has 1 aromatic heterocycles. The van der Waals surface area contributed by atoms with E-state index in [2.05, 4.69) is 16.6 Å². The minimum atomic E-state index is -0.0444. The molecular formula is C17H28N4OS. The molecule has 6 heteroatoms. The molecule has 0 radical (unpaired) electrons. The van der Waals surface area contributed by atoms with E-state index in [1.165, 1.54) is 32.1 Å². The third kappa shape index (κ3) is 4.11. The van der Waals surface area contributed by atoms with Gasteiger partial charge >= 0.3 is 0 Å². The first-order valence-electron chi connectivity index (χ1n) is 8.85. The summed E-state index contributed by atoms with van der Waals surface area (Å²) in [6.07, 6.45) is 11.0. The van der Waals surface area contributed by atoms with Crippen LogP contribution >= 0.6 is 12.2 Å². The van der Waals surface area contributed by atoms with Gasteiger partial charge in [0.1, 0.15) is 6.61 Å². The smallest absolute Gasteiger partial charge is 0.199 e. The van der Waals surface area contributed by atoms with E-state index in [-0.39, 0.29) is 6.61 Å². The lowest BCUT2D eigenvalue weighted by atomic mass is 9.89. The summed E-state index contributed by atoms with van der Waals surface area (Å²) < 4.78 is 4.67. The Kier molecular flexibility index (Phi) is 5.67. The third-order valence-electron chi connectivity index (χ3n) is 4.96. The highest BCUT2D eigenvalue weighted by molar-refractivity contribution is 7.71. The van der Waals surface area contributed by atoms with Gasteiger partial charge in [0.2, 0.25) is 0 Å². The average molecular weight is 337 g/mol. The number of aliphatic hydroxyl groups is 1. The summed E-state index contributed by atoms with van der Waals surface area (Å²) >= 11 is 5.60. The van der Waals surface area contributed by atoms with Crippen LogP contribution in [0.4, 0.5) is 0 Å². The maximum atomic E-state index is 9.56. The molecule has 1 heterocycles. The molecular weight excluding hydrogens is 308 g/mol. The van der Waals surface area contributed by atoms with Crippen LogP contribution in [-0.4, -0.2) is 37.4 Å². The van der Waals surface area contributed by atoms with Crippen molar-refractivity contribution < 1.29 is 5.11 Å². The van der Waals surface area contributed by atoms with Gasteiger partial charge in [-0.3, -0.25) is 9.47 Å². The average Bonchev–Trinajstić information content (AvgIpc) is 3.34. The van der Waals surface area contributed by atoms with Crippen molar-refractivity contribution in [3.8, 4) is 0 Å². The van der Waals surface area contributed by atoms with Crippen LogP contribution in [0.3, 0.4) is 0 Å². The normalized spacial score (nSPS) is 19.4. The van der Waals surface area contributed by atoms with Gasteiger partial charge in [0.05, 0.1) is 6.67 Å². The van der Waals surface area contributed by atoms with Crippen molar-refractivity contribution in [2.24, 2.45) is 5.92 Å². The molecule has 1 N–H and O–H groups in total. The number of nitrogens with zero attached hydrogens (tertiary/aromatic N) is 4. The van der Waals surface area contributed by atoms with Gasteiger partial charge in [0.15, 0.2) is 10.6 Å². The summed E-state index contributed by atoms with van der Waals surface area (Å²) in [6, 6.07) is 0.449. The molecule has 2 aliphatic carbocycles. The maximum absolute atomic E-state index is 9.56. The Bertz CT molecular complexity index is 584. The van der Waals surface area contributed by atoms with Gasteiger partial charge in [-0.1, -0.05) is 25.3 Å². The Morgan fingerprint density at radius 1 is 1.26 bits per heavy atom. The summed E-state index contributed by atoms with van der Waals surface area (Å²) in [7, 11) is 0. The Morgan fingerprint density at radius 2 is 2.00 bits per heavy atom. The fourth-order valence-electron chi connectivity index (χ4n) is 3.66. The first-order chi connectivity index (χ1) is 11.2. The maximum Gasteiger partial charge on any atom is 0.199 e. The zero-order chi connectivity index (χ0) is 16.2. The summed E-state index contributed by atoms with van der Waals surface area (Å²) in [6.45, 7) is 6.47. The van der Waals surface area contributed by atoms with Crippen molar-refractivity contribution >= 4 is 12.2 Å². The fraction of sp³-hybridized carbons (Fsp3) is 0.765. The van der Waals surface area contributed by atoms with Crippen LogP contribution in [0.2, 0.25) is 0 Å². The van der Waals surface area contributed by atoms with E-state index in [0.29, 0.717) is 18.5 Å². The lowest BCUT2D eigenvalue weighted by molar-refractivity contribution is 0.170. The van der Waals surface area contributed by atoms with Crippen molar-refractivity contribution in [3.63, 3.8) is 0 Å². The Morgan fingerprint density at radius 3 is 2.61 bits per heavy atom. The first kappa shape index (κ1) is 16.9. The second-order valence-corrected chi connectivity index (χ2v) is 7.29. The molecule has 2 fully saturated rings. The Labute approximate surface area is 143 Å². The van der Waals surface area contributed by atoms with Gasteiger partial charge in [0.25, 0.3) is 0 Å². The van der Waals surface area contributed by atoms with Gasteiger partial charge in [-0.05, 0) is 43.8 Å². The summed E-state index contributed by atoms with van der Waals surface area (Å²) in [5.74, 6) is 1.48. The van der Waals surface area contributed by atoms with Crippen LogP contribution in [-0.2, 0) is 13.3 Å². The summed E-state index contributed by atoms with van der Waals surface area (Å²) in [4.78, 5) is 2.38. The number of aromatic nitrogens is 3. The molecule has 0 aliphatic heterocycles. The molecule has 0 spiro atoms. The van der Waals surface area contributed by atoms with Crippen LogP contribution in [0, 0.1) is 10.7 Å². The highest BCUT2D eigenvalue weighted by atomic mass is 32.1. The zero-order valence-electron chi connectivity index (χ0n) is 13.9. The predicted octanol–water partition coefficient (Wildman–Crippen LogP) is 3.27. The second-order valence-electron chi connectivity index (χ2n) is 6.93. The van der Waals surface area contributed by atoms with Crippen molar-refractivity contribution in [1.29, 1.82) is 0 Å². The first-order valence-corrected chi connectivity index (χ1v) is 9.26. The predicted molar refractivity (Wildman–Crippen MR) is 93.6 cm³/mol. The van der Waals surface area contributed by atoms with E-state index in [0.717, 1.165) is 36.6 Å². The molecule has 128 valence electrons. The molecule has 0 unspecified atom stereocenters. The largest absolute Gasteiger partial charge is 0.388 e. The van der Waals surface area contributed by atoms with E-state index in [4.69, 9.17) is 12.2 Å². The molecule has 2 aliphatic rings. The number of hydrogen-bond acceptors (Lipinski definition) is 4. The summed E-state index contributed by atoms with van der Waals surface area (Å²) in [5, 5.41) is 14.1. The number of rotatable bonds is 8. The fourth-order valence-corrected chi connectivity index (χ4v) is 4.01. The highest BCUT2D eigenvalue weighted by Gasteiger charge is 2.28. The quantitative estimate of drug-likeness (QED) is 0.585. The number of hydrogen-bond donors (Lipinski definition) is 1. The SMILES string of the molecule is C=CCN(CC1CCCCC1)Cn1nc(CO)n(C2CC2)c1=S. The third-order valence-corrected chi connectivity index (χ3v) is 5.36. The Hall–Kier alpha value is -0.980. The molecule has 0 saturated heterocycles. The van der Waals surface area contributed by atoms with Crippen LogP contribution in [0.1, 0.15) is 56.8 Å². The van der Waals surface area contributed by atoms with Gasteiger partial charge in [-0.15, -0.1) is 6.58 Å². The molecule has 0 bridgehead atoms. The van der Waals surface area contributed by atoms with E-state index in [1.807, 2.05) is 15.3 Å². The lowest BCUT2D eigenvalue weighted by Gasteiger charge is -2.28. The zero-order valence-corrected chi connectivity index (χ0v) is 14.7. The van der Waals surface area contributed by atoms with Gasteiger partial charge in [0, 0.05) is 19.1 Å². The molecule has 3 rings (SSSR count). The van der Waals surface area contributed by atoms with E-state index >= 15 is 0 Å². The molecule has 0 amide bonds. The van der Waals surface area contributed by atoms with Crippen LogP contribution in [0.15, 0.2) is 12.7 Å². The molecule has 2 saturated carbocycles. The van der Waals surface area contributed by atoms with Crippen molar-refractivity contribution in [1.82, 2.24) is 19.2 Å². The van der Waals surface area contributed by atoms with Crippen LogP contribution in [0.5, 0.6) is 0 Å². The minimum absolute atomic E-state index is 0.0444. The Balaban J connectivity index is 1.71. The van der Waals surface area contributed by atoms with Crippen molar-refractivity contribution in [2.45, 2.75) is 64.3 Å². The van der Waals surface area contributed by atoms with Gasteiger partial charge in [-0.25, -0.2) is 4.68 Å². The van der Waals surface area contributed by atoms with Crippen LogP contribution in [0.25, 0.3) is 0 Å². The topological polar surface area (TPSA) is 46.2 Å². The monoisotopic (exact) mass is 336 g/mol. The lowest BCUT2D eigenvalue weighted by Crippen LogP contribution is -2.33. The second kappa shape index (κ2) is 7.73. The van der Waals surface area contributed by atoms with Crippen LogP contribution < -0.4 is 0 Å². The van der Waals surface area contributed by atoms with E-state index in [1.54, 1.807) is 0 Å². The molecule has 0 atom stereocenters. The minimum Gasteiger partial charge on any atom is -0.388 e. The van der Waals surface area contributed by atoms with Crippen molar-refractivity contribution in [3.05, 3.63) is 23.3 Å². The molecule has 5 nitrogen and oxygen atoms in total. The molecule has 1 aromatic rings.